The number of hydrogen-bond donors (Lipinski definition) is 1. The molecule has 4 aromatic heterocycles. The number of thiophene rings is 1. The van der Waals surface area contributed by atoms with Crippen LogP contribution < -0.4 is 5.32 Å². The summed E-state index contributed by atoms with van der Waals surface area (Å²) in [6.07, 6.45) is 7.10. The third-order valence-corrected chi connectivity index (χ3v) is 6.26. The Bertz CT molecular complexity index is 1170. The molecule has 0 aliphatic heterocycles. The summed E-state index contributed by atoms with van der Waals surface area (Å²) in [5, 5.41) is 11.9. The second kappa shape index (κ2) is 6.63. The largest absolute Gasteiger partial charge is 0.465 e. The van der Waals surface area contributed by atoms with E-state index in [0.29, 0.717) is 15.4 Å². The number of ether oxygens (including phenoxy) is 1. The number of nitrogens with zero attached hydrogens (tertiary/aromatic N) is 4. The number of fused-ring (bicyclic) bond motifs is 1. The van der Waals surface area contributed by atoms with Gasteiger partial charge in [-0.05, 0) is 18.6 Å². The van der Waals surface area contributed by atoms with Crippen LogP contribution in [0.15, 0.2) is 30.9 Å². The van der Waals surface area contributed by atoms with Crippen LogP contribution in [0.25, 0.3) is 15.3 Å². The maximum atomic E-state index is 12.8. The first kappa shape index (κ1) is 17.4. The lowest BCUT2D eigenvalue weighted by atomic mass is 10.3. The zero-order valence-corrected chi connectivity index (χ0v) is 16.3. The highest BCUT2D eigenvalue weighted by Crippen LogP contribution is 2.32. The second-order valence-electron chi connectivity index (χ2n) is 5.87. The summed E-state index contributed by atoms with van der Waals surface area (Å²) in [7, 11) is 3.18. The van der Waals surface area contributed by atoms with Crippen molar-refractivity contribution < 1.29 is 14.3 Å². The van der Waals surface area contributed by atoms with Gasteiger partial charge in [-0.3, -0.25) is 9.48 Å². The fourth-order valence-electron chi connectivity index (χ4n) is 2.60. The minimum absolute atomic E-state index is 0.272. The lowest BCUT2D eigenvalue weighted by Gasteiger charge is -2.01. The number of amides is 1. The summed E-state index contributed by atoms with van der Waals surface area (Å²) < 4.78 is 8.14. The Labute approximate surface area is 162 Å². The molecule has 10 heteroatoms. The molecule has 0 saturated carbocycles. The molecule has 0 aromatic carbocycles. The number of aromatic nitrogens is 4. The van der Waals surface area contributed by atoms with Crippen molar-refractivity contribution in [3.63, 3.8) is 0 Å². The van der Waals surface area contributed by atoms with E-state index in [2.05, 4.69) is 15.5 Å². The predicted octanol–water partition coefficient (Wildman–Crippen LogP) is 3.21. The Hall–Kier alpha value is -2.98. The molecule has 0 spiro atoms. The molecule has 1 amide bonds. The monoisotopic (exact) mass is 401 g/mol. The van der Waals surface area contributed by atoms with Crippen molar-refractivity contribution in [1.82, 2.24) is 19.4 Å². The summed E-state index contributed by atoms with van der Waals surface area (Å²) >= 11 is 2.66. The van der Waals surface area contributed by atoms with E-state index < -0.39 is 5.97 Å². The first-order valence-corrected chi connectivity index (χ1v) is 9.56. The van der Waals surface area contributed by atoms with Crippen molar-refractivity contribution in [3.8, 4) is 10.4 Å². The average molecular weight is 401 g/mol. The van der Waals surface area contributed by atoms with Crippen molar-refractivity contribution in [3.05, 3.63) is 46.9 Å². The quantitative estimate of drug-likeness (QED) is 0.530. The number of carbonyl (C=O) groups is 2. The van der Waals surface area contributed by atoms with Crippen LogP contribution in [0.2, 0.25) is 0 Å². The van der Waals surface area contributed by atoms with E-state index in [1.165, 1.54) is 29.8 Å². The lowest BCUT2D eigenvalue weighted by molar-refractivity contribution is 0.0606. The summed E-state index contributed by atoms with van der Waals surface area (Å²) in [4.78, 5) is 26.6. The highest BCUT2D eigenvalue weighted by molar-refractivity contribution is 7.21. The van der Waals surface area contributed by atoms with Crippen molar-refractivity contribution in [2.75, 3.05) is 12.4 Å². The highest BCUT2D eigenvalue weighted by atomic mass is 32.1. The number of methoxy groups -OCH3 is 1. The van der Waals surface area contributed by atoms with Crippen molar-refractivity contribution in [2.45, 2.75) is 6.92 Å². The third kappa shape index (κ3) is 3.13. The fraction of sp³-hybridized carbons (Fsp3) is 0.176. The smallest absolute Gasteiger partial charge is 0.348 e. The zero-order valence-electron chi connectivity index (χ0n) is 14.7. The average Bonchev–Trinajstić information content (AvgIpc) is 3.38. The van der Waals surface area contributed by atoms with Gasteiger partial charge < -0.3 is 10.1 Å². The molecule has 0 bridgehead atoms. The summed E-state index contributed by atoms with van der Waals surface area (Å²) in [6.45, 7) is 1.83. The van der Waals surface area contributed by atoms with E-state index >= 15 is 0 Å². The van der Waals surface area contributed by atoms with E-state index in [1.54, 1.807) is 27.7 Å². The van der Waals surface area contributed by atoms with Crippen LogP contribution in [-0.2, 0) is 11.8 Å². The number of esters is 1. The summed E-state index contributed by atoms with van der Waals surface area (Å²) in [6, 6.07) is 1.70. The van der Waals surface area contributed by atoms with Crippen LogP contribution in [-0.4, -0.2) is 38.4 Å². The molecule has 0 radical (unpaired) electrons. The number of rotatable bonds is 4. The molecule has 138 valence electrons. The normalized spacial score (nSPS) is 11.1. The number of nitrogens with one attached hydrogen (secondary N) is 1. The Morgan fingerprint density at radius 2 is 2.00 bits per heavy atom. The van der Waals surface area contributed by atoms with E-state index in [0.717, 1.165) is 20.8 Å². The molecule has 4 aromatic rings. The Balaban J connectivity index is 1.62. The molecule has 0 atom stereocenters. The minimum Gasteiger partial charge on any atom is -0.465 e. The third-order valence-electron chi connectivity index (χ3n) is 3.96. The molecule has 8 nitrogen and oxygen atoms in total. The molecule has 4 rings (SSSR count). The van der Waals surface area contributed by atoms with Gasteiger partial charge in [-0.15, -0.1) is 22.7 Å². The van der Waals surface area contributed by atoms with Gasteiger partial charge in [-0.25, -0.2) is 9.31 Å². The van der Waals surface area contributed by atoms with Crippen LogP contribution in [0.5, 0.6) is 0 Å². The molecule has 1 N–H and O–H groups in total. The van der Waals surface area contributed by atoms with Gasteiger partial charge in [0.05, 0.1) is 34.9 Å². The molecular formula is C17H15N5O3S2. The van der Waals surface area contributed by atoms with Crippen LogP contribution in [0.1, 0.15) is 25.6 Å². The number of aryl methyl sites for hydroxylation is 2. The Morgan fingerprint density at radius 3 is 2.70 bits per heavy atom. The van der Waals surface area contributed by atoms with E-state index in [-0.39, 0.29) is 5.91 Å². The van der Waals surface area contributed by atoms with Gasteiger partial charge in [0.2, 0.25) is 0 Å². The fourth-order valence-corrected chi connectivity index (χ4v) is 4.62. The maximum Gasteiger partial charge on any atom is 0.348 e. The minimum atomic E-state index is -0.420. The highest BCUT2D eigenvalue weighted by Gasteiger charge is 2.19. The van der Waals surface area contributed by atoms with Gasteiger partial charge >= 0.3 is 5.97 Å². The number of thiazole rings is 1. The lowest BCUT2D eigenvalue weighted by Crippen LogP contribution is -2.10. The van der Waals surface area contributed by atoms with E-state index in [1.807, 2.05) is 26.4 Å². The molecule has 0 saturated heterocycles. The maximum absolute atomic E-state index is 12.8. The zero-order chi connectivity index (χ0) is 19.1. The van der Waals surface area contributed by atoms with Crippen LogP contribution in [0.3, 0.4) is 0 Å². The predicted molar refractivity (Wildman–Crippen MR) is 104 cm³/mol. The van der Waals surface area contributed by atoms with Gasteiger partial charge in [0.1, 0.15) is 9.71 Å². The molecule has 27 heavy (non-hydrogen) atoms. The topological polar surface area (TPSA) is 90.5 Å². The molecule has 0 aliphatic carbocycles. The van der Waals surface area contributed by atoms with Crippen LogP contribution in [0, 0.1) is 6.92 Å². The SMILES string of the molecule is COC(=O)c1cc(C)c(NC(=O)c2cnn3cc(-c4cnn(C)c4)sc23)s1. The standard InChI is InChI=1S/C17H15N5O3S2/c1-9-4-12(17(24)25-3)26-15(9)20-14(23)11-6-19-22-8-13(27-16(11)22)10-5-18-21(2)7-10/h4-8H,1-3H3,(H,20,23). The summed E-state index contributed by atoms with van der Waals surface area (Å²) in [5.41, 5.74) is 2.25. The Morgan fingerprint density at radius 1 is 1.19 bits per heavy atom. The van der Waals surface area contributed by atoms with Crippen molar-refractivity contribution >= 4 is 44.4 Å². The van der Waals surface area contributed by atoms with Gasteiger partial charge in [0.25, 0.3) is 5.91 Å². The Kier molecular flexibility index (Phi) is 4.28. The van der Waals surface area contributed by atoms with E-state index in [4.69, 9.17) is 4.74 Å². The molecular weight excluding hydrogens is 386 g/mol. The molecule has 0 aliphatic rings. The number of anilines is 1. The summed E-state index contributed by atoms with van der Waals surface area (Å²) in [5.74, 6) is -0.693. The molecule has 0 unspecified atom stereocenters. The van der Waals surface area contributed by atoms with Gasteiger partial charge in [0.15, 0.2) is 0 Å². The second-order valence-corrected chi connectivity index (χ2v) is 7.96. The molecule has 4 heterocycles. The van der Waals surface area contributed by atoms with Gasteiger partial charge in [-0.1, -0.05) is 0 Å². The molecule has 0 fully saturated rings. The van der Waals surface area contributed by atoms with Crippen LogP contribution in [0.4, 0.5) is 5.00 Å². The number of hydrogen-bond acceptors (Lipinski definition) is 7. The van der Waals surface area contributed by atoms with Gasteiger partial charge in [0, 0.05) is 25.0 Å². The van der Waals surface area contributed by atoms with Crippen molar-refractivity contribution in [2.24, 2.45) is 7.05 Å². The number of carbonyl (C=O) groups excluding carboxylic acids is 2. The van der Waals surface area contributed by atoms with E-state index in [9.17, 15) is 9.59 Å². The van der Waals surface area contributed by atoms with Crippen LogP contribution >= 0.6 is 22.7 Å². The first-order valence-electron chi connectivity index (χ1n) is 7.92. The first-order chi connectivity index (χ1) is 13.0. The van der Waals surface area contributed by atoms with Gasteiger partial charge in [-0.2, -0.15) is 10.2 Å². The van der Waals surface area contributed by atoms with Crippen molar-refractivity contribution in [1.29, 1.82) is 0 Å².